The van der Waals surface area contributed by atoms with Crippen molar-refractivity contribution in [3.8, 4) is 22.5 Å². The number of nitrogens with one attached hydrogen (secondary N) is 1. The van der Waals surface area contributed by atoms with Crippen LogP contribution in [0.2, 0.25) is 5.02 Å². The highest BCUT2D eigenvalue weighted by atomic mass is 35.5. The van der Waals surface area contributed by atoms with Gasteiger partial charge in [0.05, 0.1) is 17.3 Å². The molecule has 1 N–H and O–H groups in total. The maximum absolute atomic E-state index is 14.0. The van der Waals surface area contributed by atoms with Crippen LogP contribution in [-0.4, -0.2) is 48.7 Å². The number of rotatable bonds is 7. The highest BCUT2D eigenvalue weighted by Gasteiger charge is 2.43. The third kappa shape index (κ3) is 5.74. The molecule has 0 aliphatic heterocycles. The summed E-state index contributed by atoms with van der Waals surface area (Å²) >= 11 is 6.05. The van der Waals surface area contributed by atoms with E-state index in [2.05, 4.69) is 5.32 Å². The molecule has 1 amide bonds. The lowest BCUT2D eigenvalue weighted by atomic mass is 9.95. The SMILES string of the molecule is CN(C)CCNC(=O)c1ccc(-c2ccc(-c3ccc(Cl)cc3)n2C2=CC=CC[C@H]2C(F)(F)F)cc1. The van der Waals surface area contributed by atoms with E-state index in [0.29, 0.717) is 34.1 Å². The molecule has 0 saturated carbocycles. The Kier molecular flexibility index (Phi) is 7.71. The van der Waals surface area contributed by atoms with Gasteiger partial charge in [-0.25, -0.2) is 0 Å². The van der Waals surface area contributed by atoms with Gasteiger partial charge in [-0.15, -0.1) is 0 Å². The number of aromatic nitrogens is 1. The van der Waals surface area contributed by atoms with Crippen molar-refractivity contribution >= 4 is 23.2 Å². The lowest BCUT2D eigenvalue weighted by molar-refractivity contribution is -0.158. The van der Waals surface area contributed by atoms with Crippen molar-refractivity contribution in [2.24, 2.45) is 5.92 Å². The average Bonchev–Trinajstić information content (AvgIpc) is 3.29. The van der Waals surface area contributed by atoms with Gasteiger partial charge < -0.3 is 14.8 Å². The van der Waals surface area contributed by atoms with Crippen molar-refractivity contribution in [1.82, 2.24) is 14.8 Å². The molecule has 8 heteroatoms. The molecule has 2 aromatic carbocycles. The van der Waals surface area contributed by atoms with Crippen LogP contribution in [0, 0.1) is 5.92 Å². The van der Waals surface area contributed by atoms with Crippen LogP contribution < -0.4 is 5.32 Å². The van der Waals surface area contributed by atoms with E-state index < -0.39 is 12.1 Å². The van der Waals surface area contributed by atoms with Gasteiger partial charge in [-0.2, -0.15) is 13.2 Å². The minimum atomic E-state index is -4.40. The van der Waals surface area contributed by atoms with Crippen LogP contribution >= 0.6 is 11.6 Å². The van der Waals surface area contributed by atoms with Gasteiger partial charge in [0, 0.05) is 29.4 Å². The summed E-state index contributed by atoms with van der Waals surface area (Å²) < 4.78 is 43.8. The van der Waals surface area contributed by atoms with Crippen molar-refractivity contribution in [3.63, 3.8) is 0 Å². The summed E-state index contributed by atoms with van der Waals surface area (Å²) in [6.07, 6.45) is 0.199. The van der Waals surface area contributed by atoms with Crippen LogP contribution in [0.3, 0.4) is 0 Å². The van der Waals surface area contributed by atoms with Crippen LogP contribution in [0.1, 0.15) is 16.8 Å². The topological polar surface area (TPSA) is 37.3 Å². The smallest absolute Gasteiger partial charge is 0.351 e. The number of alkyl halides is 3. The van der Waals surface area contributed by atoms with E-state index in [1.165, 1.54) is 12.2 Å². The van der Waals surface area contributed by atoms with Gasteiger partial charge in [-0.1, -0.05) is 48.0 Å². The van der Waals surface area contributed by atoms with Gasteiger partial charge >= 0.3 is 6.18 Å². The Bertz CT molecular complexity index is 1270. The van der Waals surface area contributed by atoms with E-state index in [9.17, 15) is 18.0 Å². The van der Waals surface area contributed by atoms with Crippen LogP contribution in [-0.2, 0) is 0 Å². The molecule has 0 unspecified atom stereocenters. The number of amides is 1. The van der Waals surface area contributed by atoms with Crippen LogP contribution in [0.4, 0.5) is 13.2 Å². The number of likely N-dealkylation sites (N-methyl/N-ethyl adjacent to an activating group) is 1. The third-order valence-corrected chi connectivity index (χ3v) is 6.35. The second kappa shape index (κ2) is 10.8. The lowest BCUT2D eigenvalue weighted by Gasteiger charge is -2.28. The minimum Gasteiger partial charge on any atom is -0.351 e. The van der Waals surface area contributed by atoms with E-state index in [1.54, 1.807) is 59.2 Å². The Labute approximate surface area is 213 Å². The number of halogens is 4. The summed E-state index contributed by atoms with van der Waals surface area (Å²) in [5.74, 6) is -1.83. The summed E-state index contributed by atoms with van der Waals surface area (Å²) in [6.45, 7) is 1.23. The average molecular weight is 514 g/mol. The van der Waals surface area contributed by atoms with Gasteiger partial charge in [0.25, 0.3) is 5.91 Å². The Morgan fingerprint density at radius 2 is 1.58 bits per heavy atom. The number of nitrogens with zero attached hydrogens (tertiary/aromatic N) is 2. The van der Waals surface area contributed by atoms with Gasteiger partial charge in [-0.3, -0.25) is 4.79 Å². The maximum atomic E-state index is 14.0. The number of hydrogen-bond acceptors (Lipinski definition) is 2. The van der Waals surface area contributed by atoms with E-state index in [-0.39, 0.29) is 18.0 Å². The minimum absolute atomic E-state index is 0.126. The predicted octanol–water partition coefficient (Wildman–Crippen LogP) is 6.75. The van der Waals surface area contributed by atoms with Crippen molar-refractivity contribution in [2.75, 3.05) is 27.2 Å². The Hall–Kier alpha value is -3.29. The van der Waals surface area contributed by atoms with Crippen molar-refractivity contribution in [2.45, 2.75) is 12.6 Å². The van der Waals surface area contributed by atoms with Crippen LogP contribution in [0.25, 0.3) is 28.2 Å². The van der Waals surface area contributed by atoms with Crippen LogP contribution in [0.15, 0.2) is 78.9 Å². The van der Waals surface area contributed by atoms with Crippen molar-refractivity contribution in [3.05, 3.63) is 89.5 Å². The van der Waals surface area contributed by atoms with E-state index in [4.69, 9.17) is 11.6 Å². The Balaban J connectivity index is 1.75. The van der Waals surface area contributed by atoms with Crippen LogP contribution in [0.5, 0.6) is 0 Å². The maximum Gasteiger partial charge on any atom is 0.397 e. The summed E-state index contributed by atoms with van der Waals surface area (Å²) in [5.41, 5.74) is 3.33. The molecule has 188 valence electrons. The summed E-state index contributed by atoms with van der Waals surface area (Å²) in [6, 6.07) is 17.5. The summed E-state index contributed by atoms with van der Waals surface area (Å²) in [5, 5.41) is 3.41. The van der Waals surface area contributed by atoms with Gasteiger partial charge in [-0.05, 0) is 74.1 Å². The van der Waals surface area contributed by atoms with E-state index in [1.807, 2.05) is 31.1 Å². The molecule has 1 aliphatic rings. The predicted molar refractivity (Wildman–Crippen MR) is 139 cm³/mol. The van der Waals surface area contributed by atoms with Crippen molar-refractivity contribution in [1.29, 1.82) is 0 Å². The van der Waals surface area contributed by atoms with E-state index >= 15 is 0 Å². The number of allylic oxidation sites excluding steroid dienone is 4. The highest BCUT2D eigenvalue weighted by molar-refractivity contribution is 6.30. The molecule has 36 heavy (non-hydrogen) atoms. The first-order valence-corrected chi connectivity index (χ1v) is 12.0. The molecule has 4 rings (SSSR count). The van der Waals surface area contributed by atoms with Gasteiger partial charge in [0.15, 0.2) is 0 Å². The molecule has 0 radical (unpaired) electrons. The quantitative estimate of drug-likeness (QED) is 0.379. The molecule has 0 saturated heterocycles. The third-order valence-electron chi connectivity index (χ3n) is 6.09. The molecule has 4 nitrogen and oxygen atoms in total. The summed E-state index contributed by atoms with van der Waals surface area (Å²) in [7, 11) is 3.85. The van der Waals surface area contributed by atoms with Gasteiger partial charge in [0.2, 0.25) is 0 Å². The molecule has 1 heterocycles. The van der Waals surface area contributed by atoms with Gasteiger partial charge in [0.1, 0.15) is 0 Å². The first-order valence-electron chi connectivity index (χ1n) is 11.6. The number of carbonyl (C=O) groups is 1. The zero-order valence-corrected chi connectivity index (χ0v) is 20.8. The molecule has 0 spiro atoms. The molecular formula is C28H27ClF3N3O. The largest absolute Gasteiger partial charge is 0.397 e. The Morgan fingerprint density at radius 3 is 2.14 bits per heavy atom. The first-order chi connectivity index (χ1) is 17.1. The number of carbonyl (C=O) groups excluding carboxylic acids is 1. The standard InChI is InChI=1S/C28H27ClF3N3O/c1-34(2)18-17-33-27(36)21-9-7-19(8-10-21)24-15-16-25(20-11-13-22(29)14-12-20)35(24)26-6-4-3-5-23(26)28(30,31)32/h3-4,6-16,23H,5,17-18H2,1-2H3,(H,33,36)/t23-/m1/s1. The molecule has 3 aromatic rings. The molecule has 1 atom stereocenters. The second-order valence-electron chi connectivity index (χ2n) is 8.93. The fourth-order valence-electron chi connectivity index (χ4n) is 4.22. The lowest BCUT2D eigenvalue weighted by Crippen LogP contribution is -2.31. The summed E-state index contributed by atoms with van der Waals surface area (Å²) in [4.78, 5) is 14.4. The second-order valence-corrected chi connectivity index (χ2v) is 9.37. The number of benzene rings is 2. The molecular weight excluding hydrogens is 487 g/mol. The first kappa shape index (κ1) is 25.8. The molecule has 1 aliphatic carbocycles. The fraction of sp³-hybridized carbons (Fsp3) is 0.250. The van der Waals surface area contributed by atoms with Crippen molar-refractivity contribution < 1.29 is 18.0 Å². The molecule has 1 aromatic heterocycles. The normalized spacial score (nSPS) is 15.8. The molecule has 0 bridgehead atoms. The monoisotopic (exact) mass is 513 g/mol. The fourth-order valence-corrected chi connectivity index (χ4v) is 4.35. The molecule has 0 fully saturated rings. The Morgan fingerprint density at radius 1 is 1.00 bits per heavy atom. The number of hydrogen-bond donors (Lipinski definition) is 1. The highest BCUT2D eigenvalue weighted by Crippen LogP contribution is 2.43. The zero-order chi connectivity index (χ0) is 25.9. The van der Waals surface area contributed by atoms with E-state index in [0.717, 1.165) is 12.1 Å². The zero-order valence-electron chi connectivity index (χ0n) is 20.0.